The minimum Gasteiger partial charge on any atom is -0.495 e. The monoisotopic (exact) mass is 314 g/mol. The van der Waals surface area contributed by atoms with E-state index >= 15 is 0 Å². The van der Waals surface area contributed by atoms with Crippen LogP contribution in [-0.4, -0.2) is 37.5 Å². The van der Waals surface area contributed by atoms with Crippen molar-refractivity contribution in [2.45, 2.75) is 38.3 Å². The van der Waals surface area contributed by atoms with Gasteiger partial charge in [0, 0.05) is 6.20 Å². The van der Waals surface area contributed by atoms with Gasteiger partial charge in [0.25, 0.3) is 0 Å². The normalized spacial score (nSPS) is 23.4. The Morgan fingerprint density at radius 3 is 2.76 bits per heavy atom. The van der Waals surface area contributed by atoms with Crippen LogP contribution in [0, 0.1) is 5.92 Å². The number of aliphatic hydroxyl groups excluding tert-OH is 1. The molecule has 6 nitrogen and oxygen atoms in total. The lowest BCUT2D eigenvalue weighted by Gasteiger charge is -2.38. The molecule has 0 aromatic carbocycles. The fraction of sp³-hybridized carbons (Fsp3) is 0.643. The number of ether oxygens (including phenoxy) is 1. The maximum absolute atomic E-state index is 12.1. The van der Waals surface area contributed by atoms with Gasteiger partial charge in [0.1, 0.15) is 5.75 Å². The third kappa shape index (κ3) is 4.15. The summed E-state index contributed by atoms with van der Waals surface area (Å²) in [5, 5.41) is 9.50. The Morgan fingerprint density at radius 2 is 2.19 bits per heavy atom. The number of hydrogen-bond acceptors (Lipinski definition) is 5. The van der Waals surface area contributed by atoms with E-state index in [2.05, 4.69) is 9.71 Å². The number of aromatic nitrogens is 1. The lowest BCUT2D eigenvalue weighted by Crippen LogP contribution is -2.42. The van der Waals surface area contributed by atoms with Gasteiger partial charge in [-0.05, 0) is 36.8 Å². The van der Waals surface area contributed by atoms with Gasteiger partial charge in [-0.15, -0.1) is 0 Å². The van der Waals surface area contributed by atoms with E-state index in [1.807, 2.05) is 6.92 Å². The van der Waals surface area contributed by atoms with Crippen molar-refractivity contribution in [1.29, 1.82) is 0 Å². The summed E-state index contributed by atoms with van der Waals surface area (Å²) in [6.45, 7) is 1.83. The minimum atomic E-state index is -3.34. The van der Waals surface area contributed by atoms with Crippen LogP contribution in [0.3, 0.4) is 0 Å². The molecular weight excluding hydrogens is 292 g/mol. The largest absolute Gasteiger partial charge is 0.495 e. The fourth-order valence-corrected chi connectivity index (χ4v) is 3.95. The van der Waals surface area contributed by atoms with Gasteiger partial charge in [-0.25, -0.2) is 13.1 Å². The second-order valence-corrected chi connectivity index (χ2v) is 7.33. The molecule has 1 heterocycles. The third-order valence-corrected chi connectivity index (χ3v) is 5.29. The Hall–Kier alpha value is -1.18. The van der Waals surface area contributed by atoms with E-state index in [1.54, 1.807) is 25.6 Å². The number of rotatable bonds is 7. The molecule has 0 amide bonds. The van der Waals surface area contributed by atoms with Gasteiger partial charge < -0.3 is 9.84 Å². The van der Waals surface area contributed by atoms with Crippen molar-refractivity contribution in [3.63, 3.8) is 0 Å². The van der Waals surface area contributed by atoms with Crippen LogP contribution in [0.25, 0.3) is 0 Å². The van der Waals surface area contributed by atoms with E-state index in [4.69, 9.17) is 4.74 Å². The van der Waals surface area contributed by atoms with Crippen molar-refractivity contribution in [3.05, 3.63) is 24.0 Å². The lowest BCUT2D eigenvalue weighted by molar-refractivity contribution is 0.0279. The van der Waals surface area contributed by atoms with Crippen LogP contribution in [0.1, 0.15) is 37.8 Å². The van der Waals surface area contributed by atoms with E-state index in [1.165, 1.54) is 0 Å². The smallest absolute Gasteiger partial charge is 0.212 e. The zero-order valence-corrected chi connectivity index (χ0v) is 13.1. The minimum absolute atomic E-state index is 0.0838. The van der Waals surface area contributed by atoms with Crippen molar-refractivity contribution >= 4 is 10.0 Å². The molecule has 0 aliphatic heterocycles. The van der Waals surface area contributed by atoms with Gasteiger partial charge in [0.2, 0.25) is 10.0 Å². The van der Waals surface area contributed by atoms with Gasteiger partial charge in [-0.2, -0.15) is 0 Å². The highest BCUT2D eigenvalue weighted by Gasteiger charge is 2.37. The highest BCUT2D eigenvalue weighted by atomic mass is 32.2. The highest BCUT2D eigenvalue weighted by molar-refractivity contribution is 7.89. The molecule has 1 saturated carbocycles. The Balaban J connectivity index is 2.23. The molecule has 118 valence electrons. The van der Waals surface area contributed by atoms with Gasteiger partial charge in [-0.1, -0.05) is 6.92 Å². The van der Waals surface area contributed by atoms with E-state index in [0.717, 1.165) is 5.56 Å². The summed E-state index contributed by atoms with van der Waals surface area (Å²) in [6.07, 6.45) is 4.63. The summed E-state index contributed by atoms with van der Waals surface area (Å²) in [6, 6.07) is 1.42. The molecule has 1 atom stereocenters. The maximum atomic E-state index is 12.1. The van der Waals surface area contributed by atoms with Crippen LogP contribution >= 0.6 is 0 Å². The molecule has 0 unspecified atom stereocenters. The number of pyridine rings is 1. The van der Waals surface area contributed by atoms with Crippen LogP contribution < -0.4 is 9.46 Å². The molecule has 2 N–H and O–H groups in total. The number of nitrogens with one attached hydrogen (secondary N) is 1. The van der Waals surface area contributed by atoms with Crippen LogP contribution in [0.4, 0.5) is 0 Å². The first-order valence-corrected chi connectivity index (χ1v) is 8.77. The number of aliphatic hydroxyl groups is 1. The van der Waals surface area contributed by atoms with Gasteiger partial charge in [0.05, 0.1) is 31.2 Å². The Bertz CT molecular complexity index is 570. The molecule has 0 spiro atoms. The van der Waals surface area contributed by atoms with Crippen molar-refractivity contribution in [2.75, 3.05) is 12.9 Å². The van der Waals surface area contributed by atoms with Gasteiger partial charge >= 0.3 is 0 Å². The first kappa shape index (κ1) is 16.2. The maximum Gasteiger partial charge on any atom is 0.212 e. The standard InChI is InChI=1S/C14H22N2O4S/c1-3-4-21(18,19)16-14(10-5-12(17)6-10)11-7-13(20-2)9-15-8-11/h7-10,12,14,16-17H,3-6H2,1-2H3/t10?,12?,14-/m1/s1. The third-order valence-electron chi connectivity index (χ3n) is 3.73. The zero-order chi connectivity index (χ0) is 15.5. The Kier molecular flexibility index (Phi) is 5.18. The van der Waals surface area contributed by atoms with Crippen LogP contribution in [0.2, 0.25) is 0 Å². The van der Waals surface area contributed by atoms with E-state index in [9.17, 15) is 13.5 Å². The Labute approximate surface area is 125 Å². The molecule has 0 saturated heterocycles. The molecule has 7 heteroatoms. The van der Waals surface area contributed by atoms with Gasteiger partial charge in [-0.3, -0.25) is 4.98 Å². The Morgan fingerprint density at radius 1 is 1.48 bits per heavy atom. The molecule has 1 aliphatic carbocycles. The molecule has 21 heavy (non-hydrogen) atoms. The van der Waals surface area contributed by atoms with Crippen molar-refractivity contribution < 1.29 is 18.3 Å². The average Bonchev–Trinajstić information content (AvgIpc) is 2.42. The van der Waals surface area contributed by atoms with E-state index in [0.29, 0.717) is 25.0 Å². The SMILES string of the molecule is CCCS(=O)(=O)N[C@@H](c1cncc(OC)c1)C1CC(O)C1. The average molecular weight is 314 g/mol. The molecule has 1 aliphatic rings. The molecule has 2 rings (SSSR count). The summed E-state index contributed by atoms with van der Waals surface area (Å²) in [5.74, 6) is 0.767. The topological polar surface area (TPSA) is 88.5 Å². The lowest BCUT2D eigenvalue weighted by atomic mass is 9.76. The highest BCUT2D eigenvalue weighted by Crippen LogP contribution is 2.39. The van der Waals surface area contributed by atoms with Crippen LogP contribution in [0.5, 0.6) is 5.75 Å². The number of methoxy groups -OCH3 is 1. The quantitative estimate of drug-likeness (QED) is 0.790. The predicted molar refractivity (Wildman–Crippen MR) is 79.5 cm³/mol. The first-order valence-electron chi connectivity index (χ1n) is 7.12. The second-order valence-electron chi connectivity index (χ2n) is 5.46. The molecule has 1 aromatic heterocycles. The van der Waals surface area contributed by atoms with Crippen molar-refractivity contribution in [1.82, 2.24) is 9.71 Å². The van der Waals surface area contributed by atoms with Crippen molar-refractivity contribution in [3.8, 4) is 5.75 Å². The molecule has 1 aromatic rings. The van der Waals surface area contributed by atoms with Crippen molar-refractivity contribution in [2.24, 2.45) is 5.92 Å². The predicted octanol–water partition coefficient (Wildman–Crippen LogP) is 1.23. The fourth-order valence-electron chi connectivity index (χ4n) is 2.58. The summed E-state index contributed by atoms with van der Waals surface area (Å²) in [7, 11) is -1.79. The number of nitrogens with zero attached hydrogens (tertiary/aromatic N) is 1. The van der Waals surface area contributed by atoms with E-state index in [-0.39, 0.29) is 23.8 Å². The van der Waals surface area contributed by atoms with E-state index < -0.39 is 10.0 Å². The summed E-state index contributed by atoms with van der Waals surface area (Å²) < 4.78 is 32.0. The van der Waals surface area contributed by atoms with Crippen LogP contribution in [0.15, 0.2) is 18.5 Å². The number of sulfonamides is 1. The zero-order valence-electron chi connectivity index (χ0n) is 12.3. The van der Waals surface area contributed by atoms with Gasteiger partial charge in [0.15, 0.2) is 0 Å². The molecule has 1 fully saturated rings. The van der Waals surface area contributed by atoms with Crippen LogP contribution in [-0.2, 0) is 10.0 Å². The summed E-state index contributed by atoms with van der Waals surface area (Å²) >= 11 is 0. The molecule has 0 radical (unpaired) electrons. The summed E-state index contributed by atoms with van der Waals surface area (Å²) in [5.41, 5.74) is 0.769. The summed E-state index contributed by atoms with van der Waals surface area (Å²) in [4.78, 5) is 4.09. The second kappa shape index (κ2) is 6.72. The number of hydrogen-bond donors (Lipinski definition) is 2. The molecule has 0 bridgehead atoms. The first-order chi connectivity index (χ1) is 9.95. The molecular formula is C14H22N2O4S.